The summed E-state index contributed by atoms with van der Waals surface area (Å²) in [5, 5.41) is 2.64. The number of ether oxygens (including phenoxy) is 1. The third-order valence-electron chi connectivity index (χ3n) is 4.46. The molecular formula is C19H26N2O6S. The Labute approximate surface area is 165 Å². The molecule has 1 heterocycles. The van der Waals surface area contributed by atoms with Gasteiger partial charge in [0.2, 0.25) is 11.8 Å². The van der Waals surface area contributed by atoms with E-state index in [-0.39, 0.29) is 48.6 Å². The van der Waals surface area contributed by atoms with E-state index in [1.807, 2.05) is 0 Å². The molecule has 154 valence electrons. The normalized spacial score (nSPS) is 16.9. The first-order valence-corrected chi connectivity index (χ1v) is 11.0. The highest BCUT2D eigenvalue weighted by Crippen LogP contribution is 2.14. The van der Waals surface area contributed by atoms with E-state index in [2.05, 4.69) is 5.32 Å². The molecule has 0 radical (unpaired) electrons. The lowest BCUT2D eigenvalue weighted by molar-refractivity contribution is -0.135. The maximum Gasteiger partial charge on any atom is 0.244 e. The van der Waals surface area contributed by atoms with Gasteiger partial charge in [-0.2, -0.15) is 0 Å². The number of nitrogens with zero attached hydrogens (tertiary/aromatic N) is 1. The minimum absolute atomic E-state index is 0.0401. The van der Waals surface area contributed by atoms with Crippen LogP contribution in [0.25, 0.3) is 0 Å². The van der Waals surface area contributed by atoms with Crippen molar-refractivity contribution >= 4 is 27.4 Å². The Morgan fingerprint density at radius 2 is 1.89 bits per heavy atom. The molecule has 1 aromatic carbocycles. The largest absolute Gasteiger partial charge is 0.494 e. The zero-order valence-corrected chi connectivity index (χ0v) is 17.0. The number of sulfone groups is 1. The van der Waals surface area contributed by atoms with E-state index in [0.29, 0.717) is 24.3 Å². The van der Waals surface area contributed by atoms with Crippen LogP contribution in [0, 0.1) is 0 Å². The van der Waals surface area contributed by atoms with Crippen molar-refractivity contribution in [2.24, 2.45) is 0 Å². The Morgan fingerprint density at radius 3 is 2.54 bits per heavy atom. The fourth-order valence-electron chi connectivity index (χ4n) is 2.81. The van der Waals surface area contributed by atoms with Crippen LogP contribution in [0.15, 0.2) is 24.3 Å². The predicted octanol–water partition coefficient (Wildman–Crippen LogP) is 0.810. The van der Waals surface area contributed by atoms with Gasteiger partial charge < -0.3 is 15.0 Å². The van der Waals surface area contributed by atoms with Crippen LogP contribution >= 0.6 is 0 Å². The fourth-order valence-corrected chi connectivity index (χ4v) is 4.01. The number of ketones is 1. The second-order valence-corrected chi connectivity index (χ2v) is 9.11. The van der Waals surface area contributed by atoms with Crippen LogP contribution in [0.5, 0.6) is 5.75 Å². The quantitative estimate of drug-likeness (QED) is 0.502. The van der Waals surface area contributed by atoms with E-state index in [9.17, 15) is 22.8 Å². The molecule has 1 unspecified atom stereocenters. The van der Waals surface area contributed by atoms with Gasteiger partial charge in [0.05, 0.1) is 18.1 Å². The Kier molecular flexibility index (Phi) is 7.56. The van der Waals surface area contributed by atoms with Crippen molar-refractivity contribution in [1.82, 2.24) is 10.2 Å². The summed E-state index contributed by atoms with van der Waals surface area (Å²) in [6, 6.07) is 6.13. The van der Waals surface area contributed by atoms with Crippen molar-refractivity contribution < 1.29 is 27.5 Å². The second kappa shape index (κ2) is 9.68. The first-order chi connectivity index (χ1) is 13.2. The molecule has 28 heavy (non-hydrogen) atoms. The lowest BCUT2D eigenvalue weighted by atomic mass is 10.1. The highest BCUT2D eigenvalue weighted by Gasteiger charge is 2.28. The number of carbonyl (C=O) groups excluding carboxylic acids is 3. The third-order valence-corrected chi connectivity index (χ3v) is 6.07. The van der Waals surface area contributed by atoms with Gasteiger partial charge in [0, 0.05) is 25.1 Å². The molecule has 9 heteroatoms. The molecule has 0 aromatic heterocycles. The molecule has 8 nitrogen and oxygen atoms in total. The van der Waals surface area contributed by atoms with Crippen LogP contribution in [0.3, 0.4) is 0 Å². The van der Waals surface area contributed by atoms with E-state index in [1.54, 1.807) is 31.2 Å². The van der Waals surface area contributed by atoms with Crippen LogP contribution in [0.1, 0.15) is 37.0 Å². The number of benzene rings is 1. The van der Waals surface area contributed by atoms with Gasteiger partial charge in [-0.3, -0.25) is 14.4 Å². The van der Waals surface area contributed by atoms with Crippen molar-refractivity contribution in [3.63, 3.8) is 0 Å². The Balaban J connectivity index is 1.70. The molecule has 0 bridgehead atoms. The van der Waals surface area contributed by atoms with Gasteiger partial charge in [-0.05, 0) is 32.4 Å². The van der Waals surface area contributed by atoms with E-state index in [1.165, 1.54) is 11.8 Å². The van der Waals surface area contributed by atoms with Crippen molar-refractivity contribution in [3.05, 3.63) is 29.8 Å². The van der Waals surface area contributed by atoms with Gasteiger partial charge in [0.25, 0.3) is 0 Å². The maximum atomic E-state index is 12.3. The van der Waals surface area contributed by atoms with Crippen molar-refractivity contribution in [2.45, 2.75) is 32.7 Å². The number of amides is 2. The number of hydrogen-bond donors (Lipinski definition) is 1. The van der Waals surface area contributed by atoms with Crippen molar-refractivity contribution in [1.29, 1.82) is 0 Å². The molecule has 0 spiro atoms. The Hall–Kier alpha value is -2.42. The smallest absolute Gasteiger partial charge is 0.244 e. The van der Waals surface area contributed by atoms with Crippen LogP contribution in [0.4, 0.5) is 0 Å². The predicted molar refractivity (Wildman–Crippen MR) is 104 cm³/mol. The summed E-state index contributed by atoms with van der Waals surface area (Å²) >= 11 is 0. The van der Waals surface area contributed by atoms with Gasteiger partial charge in [0.1, 0.15) is 11.8 Å². The monoisotopic (exact) mass is 410 g/mol. The topological polar surface area (TPSA) is 110 Å². The molecule has 1 N–H and O–H groups in total. The summed E-state index contributed by atoms with van der Waals surface area (Å²) in [6.45, 7) is 3.70. The number of hydrogen-bond acceptors (Lipinski definition) is 6. The lowest BCUT2D eigenvalue weighted by Gasteiger charge is -2.29. The average molecular weight is 410 g/mol. The van der Waals surface area contributed by atoms with Gasteiger partial charge in [0.15, 0.2) is 15.6 Å². The molecule has 1 fully saturated rings. The van der Waals surface area contributed by atoms with E-state index < -0.39 is 15.9 Å². The minimum atomic E-state index is -3.06. The number of nitrogens with one attached hydrogen (secondary N) is 1. The standard InChI is InChI=1S/C19H26N2O6S/c1-14(19(24)21-8-11-28(25,26)12-9-21)20-18(23)7-4-10-27-17-6-3-5-16(13-17)15(2)22/h3,5-6,13-14H,4,7-12H2,1-2H3,(H,20,23). The summed E-state index contributed by atoms with van der Waals surface area (Å²) in [5.41, 5.74) is 0.563. The SMILES string of the molecule is CC(=O)c1cccc(OCCCC(=O)NC(C)C(=O)N2CCS(=O)(=O)CC2)c1. The summed E-state index contributed by atoms with van der Waals surface area (Å²) in [5.74, 6) is -0.109. The minimum Gasteiger partial charge on any atom is -0.494 e. The summed E-state index contributed by atoms with van der Waals surface area (Å²) in [4.78, 5) is 37.2. The molecule has 1 aliphatic rings. The zero-order chi connectivity index (χ0) is 20.7. The number of Topliss-reactive ketones (excluding diaryl/α,β-unsaturated/α-hetero) is 1. The number of rotatable bonds is 8. The van der Waals surface area contributed by atoms with Crippen LogP contribution < -0.4 is 10.1 Å². The third kappa shape index (κ3) is 6.63. The van der Waals surface area contributed by atoms with E-state index >= 15 is 0 Å². The van der Waals surface area contributed by atoms with Crippen molar-refractivity contribution in [2.75, 3.05) is 31.2 Å². The molecule has 1 aliphatic heterocycles. The second-order valence-electron chi connectivity index (χ2n) is 6.80. The van der Waals surface area contributed by atoms with E-state index in [0.717, 1.165) is 0 Å². The highest BCUT2D eigenvalue weighted by atomic mass is 32.2. The fraction of sp³-hybridized carbons (Fsp3) is 0.526. The maximum absolute atomic E-state index is 12.3. The molecule has 1 aromatic rings. The Bertz CT molecular complexity index is 823. The lowest BCUT2D eigenvalue weighted by Crippen LogP contribution is -2.51. The number of carbonyl (C=O) groups is 3. The molecule has 0 saturated carbocycles. The average Bonchev–Trinajstić information content (AvgIpc) is 2.65. The summed E-state index contributed by atoms with van der Waals surface area (Å²) in [7, 11) is -3.06. The molecule has 1 atom stereocenters. The Morgan fingerprint density at radius 1 is 1.21 bits per heavy atom. The van der Waals surface area contributed by atoms with Crippen LogP contribution in [-0.2, 0) is 19.4 Å². The van der Waals surface area contributed by atoms with Crippen molar-refractivity contribution in [3.8, 4) is 5.75 Å². The van der Waals surface area contributed by atoms with Gasteiger partial charge in [-0.1, -0.05) is 12.1 Å². The van der Waals surface area contributed by atoms with Crippen LogP contribution in [-0.4, -0.2) is 68.2 Å². The van der Waals surface area contributed by atoms with Crippen LogP contribution in [0.2, 0.25) is 0 Å². The molecular weight excluding hydrogens is 384 g/mol. The first kappa shape index (κ1) is 21.9. The molecule has 2 rings (SSSR count). The highest BCUT2D eigenvalue weighted by molar-refractivity contribution is 7.91. The zero-order valence-electron chi connectivity index (χ0n) is 16.1. The summed E-state index contributed by atoms with van der Waals surface area (Å²) in [6.07, 6.45) is 0.650. The molecule has 2 amide bonds. The molecule has 1 saturated heterocycles. The van der Waals surface area contributed by atoms with E-state index in [4.69, 9.17) is 4.74 Å². The summed E-state index contributed by atoms with van der Waals surface area (Å²) < 4.78 is 28.4. The van der Waals surface area contributed by atoms with Gasteiger partial charge in [-0.25, -0.2) is 8.42 Å². The first-order valence-electron chi connectivity index (χ1n) is 9.20. The van der Waals surface area contributed by atoms with Gasteiger partial charge in [-0.15, -0.1) is 0 Å². The van der Waals surface area contributed by atoms with Gasteiger partial charge >= 0.3 is 0 Å². The molecule has 0 aliphatic carbocycles.